The Morgan fingerprint density at radius 2 is 1.09 bits per heavy atom. The van der Waals surface area contributed by atoms with Gasteiger partial charge in [-0.25, -0.2) is 38.3 Å². The highest BCUT2D eigenvalue weighted by atomic mass is 32.1. The molecule has 2 aromatic carbocycles. The van der Waals surface area contributed by atoms with Crippen molar-refractivity contribution in [2.24, 2.45) is 0 Å². The van der Waals surface area contributed by atoms with Crippen LogP contribution in [0.5, 0.6) is 0 Å². The number of aliphatic carboxylic acids is 2. The van der Waals surface area contributed by atoms with E-state index in [0.717, 1.165) is 38.9 Å². The zero-order valence-electron chi connectivity index (χ0n) is 46.0. The Bertz CT molecular complexity index is 3550. The average molecular weight is 1120 g/mol. The number of rotatable bonds is 14. The molecule has 17 nitrogen and oxygen atoms in total. The van der Waals surface area contributed by atoms with Crippen molar-refractivity contribution >= 4 is 57.5 Å². The molecule has 8 heterocycles. The molecule has 6 aromatic heterocycles. The number of carboxylic acid groups (broad SMARTS) is 2. The van der Waals surface area contributed by atoms with Gasteiger partial charge in [-0.2, -0.15) is 19.2 Å². The number of anilines is 2. The van der Waals surface area contributed by atoms with Crippen LogP contribution in [0.25, 0.3) is 32.7 Å². The maximum atomic E-state index is 13.3. The van der Waals surface area contributed by atoms with Crippen LogP contribution in [0.3, 0.4) is 0 Å². The zero-order chi connectivity index (χ0) is 56.7. The van der Waals surface area contributed by atoms with Gasteiger partial charge in [0.25, 0.3) is 0 Å². The normalized spacial score (nSPS) is 15.7. The molecule has 0 radical (unpaired) electrons. The molecule has 0 unspecified atom stereocenters. The fraction of sp³-hybridized carbons (Fsp3) is 0.414. The van der Waals surface area contributed by atoms with E-state index in [1.807, 2.05) is 73.7 Å². The van der Waals surface area contributed by atoms with Crippen LogP contribution < -0.4 is 9.80 Å². The van der Waals surface area contributed by atoms with Crippen LogP contribution in [-0.4, -0.2) is 109 Å². The predicted molar refractivity (Wildman–Crippen MR) is 301 cm³/mol. The molecule has 416 valence electrons. The quantitative estimate of drug-likeness (QED) is 0.0866. The molecule has 2 aliphatic rings. The molecule has 1 fully saturated rings. The Labute approximate surface area is 465 Å². The summed E-state index contributed by atoms with van der Waals surface area (Å²) in [7, 11) is 0. The summed E-state index contributed by atoms with van der Waals surface area (Å²) in [5, 5.41) is 42.3. The first-order valence-corrected chi connectivity index (χ1v) is 27.8. The number of aryl methyl sites for hydroxylation is 2. The molecule has 8 aromatic rings. The zero-order valence-corrected chi connectivity index (χ0v) is 47.7. The number of thiazole rings is 2. The number of aliphatic hydroxyl groups is 1. The number of halogens is 2. The lowest BCUT2D eigenvalue weighted by atomic mass is 9.93. The smallest absolute Gasteiger partial charge is 0.337 e. The van der Waals surface area contributed by atoms with Gasteiger partial charge in [0.1, 0.15) is 44.7 Å². The number of benzene rings is 2. The summed E-state index contributed by atoms with van der Waals surface area (Å²) in [6.07, 6.45) is 6.48. The van der Waals surface area contributed by atoms with Crippen molar-refractivity contribution in [1.29, 1.82) is 0 Å². The lowest BCUT2D eigenvalue weighted by Gasteiger charge is -2.38. The number of aromatic nitrogens is 8. The third-order valence-electron chi connectivity index (χ3n) is 13.5. The van der Waals surface area contributed by atoms with E-state index >= 15 is 0 Å². The highest BCUT2D eigenvalue weighted by Crippen LogP contribution is 2.40. The molecule has 0 spiro atoms. The van der Waals surface area contributed by atoms with Gasteiger partial charge in [-0.1, -0.05) is 35.9 Å². The van der Waals surface area contributed by atoms with Crippen molar-refractivity contribution in [2.75, 3.05) is 36.0 Å². The van der Waals surface area contributed by atoms with Gasteiger partial charge in [-0.15, -0.1) is 22.7 Å². The lowest BCUT2D eigenvalue weighted by Crippen LogP contribution is -2.44. The standard InChI is InChI=1S/C29H34FN5O4S.C29H32FN5O3S/c1-17-23(24(27(36)37)39-28(2,3)4)26(34-12-10-29(5,38)11-13-34)35-22(32-17)15-21(33-35)25-31-16-20(40-25)14-18-6-8-19(30)9-7-18;1-17-10-12-34(13-11-17)27-24(25(28(36)37)38-29(3,4)5)18(2)32-23-15-22(33-35(23)27)26-31-16-21(39-26)14-19-6-8-20(30)9-7-19/h6-9,15-16,24,38H,10-14H2,1-5H3,(H,36,37);6-10,15-16,25H,11-14H2,1-5H3,(H,36,37)/t24-;25-/m00/s1. The first-order chi connectivity index (χ1) is 37.3. The lowest BCUT2D eigenvalue weighted by molar-refractivity contribution is -0.161. The monoisotopic (exact) mass is 1120 g/mol. The minimum absolute atomic E-state index is 0.260. The minimum Gasteiger partial charge on any atom is -0.479 e. The van der Waals surface area contributed by atoms with Crippen molar-refractivity contribution in [1.82, 2.24) is 39.2 Å². The Balaban J connectivity index is 0.000000192. The van der Waals surface area contributed by atoms with Crippen molar-refractivity contribution in [2.45, 2.75) is 130 Å². The van der Waals surface area contributed by atoms with Gasteiger partial charge in [0.05, 0.1) is 27.9 Å². The molecular weight excluding hydrogens is 1050 g/mol. The molecule has 0 bridgehead atoms. The van der Waals surface area contributed by atoms with Crippen molar-refractivity contribution in [3.63, 3.8) is 0 Å². The number of piperidine rings is 1. The molecule has 1 saturated heterocycles. The molecule has 2 atom stereocenters. The van der Waals surface area contributed by atoms with Gasteiger partial charge in [0, 0.05) is 84.7 Å². The van der Waals surface area contributed by atoms with Crippen molar-refractivity contribution in [3.8, 4) is 21.4 Å². The summed E-state index contributed by atoms with van der Waals surface area (Å²) < 4.78 is 42.1. The second-order valence-corrected chi connectivity index (χ2v) is 24.7. The predicted octanol–water partition coefficient (Wildman–Crippen LogP) is 11.2. The Morgan fingerprint density at radius 1 is 0.671 bits per heavy atom. The SMILES string of the molecule is CC1=CCN(c2c([C@H](OC(C)(C)C)C(=O)O)c(C)nc3cc(-c4ncc(Cc5ccc(F)cc5)s4)nn23)CC1.Cc1nc2cc(-c3ncc(Cc4ccc(F)cc4)s3)nn2c(N2CCC(C)(O)CC2)c1[C@H](OC(C)(C)C)C(=O)O. The van der Waals surface area contributed by atoms with Gasteiger partial charge in [0.15, 0.2) is 23.5 Å². The minimum atomic E-state index is -1.26. The molecule has 10 rings (SSSR count). The summed E-state index contributed by atoms with van der Waals surface area (Å²) in [4.78, 5) is 50.0. The van der Waals surface area contributed by atoms with Crippen LogP contribution in [0.15, 0.2) is 84.7 Å². The van der Waals surface area contributed by atoms with Crippen LogP contribution in [0.2, 0.25) is 0 Å². The highest BCUT2D eigenvalue weighted by molar-refractivity contribution is 7.15. The number of ether oxygens (including phenoxy) is 2. The van der Waals surface area contributed by atoms with E-state index in [1.54, 1.807) is 46.4 Å². The largest absolute Gasteiger partial charge is 0.479 e. The van der Waals surface area contributed by atoms with E-state index in [2.05, 4.69) is 32.8 Å². The first kappa shape index (κ1) is 56.7. The fourth-order valence-electron chi connectivity index (χ4n) is 9.62. The van der Waals surface area contributed by atoms with Crippen LogP contribution in [-0.2, 0) is 31.9 Å². The number of carboxylic acids is 2. The molecular formula is C58H66F2N10O7S2. The van der Waals surface area contributed by atoms with Crippen LogP contribution in [0.4, 0.5) is 20.4 Å². The number of hydrogen-bond donors (Lipinski definition) is 3. The summed E-state index contributed by atoms with van der Waals surface area (Å²) >= 11 is 3.01. The third kappa shape index (κ3) is 13.4. The second-order valence-electron chi connectivity index (χ2n) is 22.5. The maximum absolute atomic E-state index is 13.3. The van der Waals surface area contributed by atoms with Gasteiger partial charge in [-0.05, 0) is 124 Å². The summed E-state index contributed by atoms with van der Waals surface area (Å²) in [5.41, 5.74) is 5.62. The number of nitrogens with zero attached hydrogens (tertiary/aromatic N) is 10. The molecule has 79 heavy (non-hydrogen) atoms. The van der Waals surface area contributed by atoms with Crippen molar-refractivity contribution in [3.05, 3.63) is 140 Å². The van der Waals surface area contributed by atoms with Gasteiger partial charge >= 0.3 is 11.9 Å². The highest BCUT2D eigenvalue weighted by Gasteiger charge is 2.38. The number of carbonyl (C=O) groups is 2. The number of hydrogen-bond acceptors (Lipinski definition) is 15. The molecule has 0 saturated carbocycles. The average Bonchev–Trinajstić information content (AvgIpc) is 4.32. The third-order valence-corrected chi connectivity index (χ3v) is 15.6. The van der Waals surface area contributed by atoms with E-state index in [-0.39, 0.29) is 11.6 Å². The summed E-state index contributed by atoms with van der Waals surface area (Å²) in [5.74, 6) is -1.44. The molecule has 21 heteroatoms. The Kier molecular flexibility index (Phi) is 16.2. The molecule has 3 N–H and O–H groups in total. The van der Waals surface area contributed by atoms with Gasteiger partial charge in [-0.3, -0.25) is 0 Å². The molecule has 2 aliphatic heterocycles. The van der Waals surface area contributed by atoms with Crippen LogP contribution in [0, 0.1) is 25.5 Å². The van der Waals surface area contributed by atoms with E-state index in [9.17, 15) is 33.7 Å². The molecule has 0 aliphatic carbocycles. The Hall–Kier alpha value is -7.04. The fourth-order valence-corrected chi connectivity index (χ4v) is 11.4. The summed E-state index contributed by atoms with van der Waals surface area (Å²) in [6.45, 7) is 20.9. The van der Waals surface area contributed by atoms with E-state index in [0.29, 0.717) is 107 Å². The van der Waals surface area contributed by atoms with E-state index in [1.165, 1.54) is 52.5 Å². The number of fused-ring (bicyclic) bond motifs is 2. The van der Waals surface area contributed by atoms with Crippen LogP contribution in [0.1, 0.15) is 130 Å². The van der Waals surface area contributed by atoms with Gasteiger partial charge < -0.3 is 34.6 Å². The molecule has 0 amide bonds. The van der Waals surface area contributed by atoms with Crippen molar-refractivity contribution < 1.29 is 43.2 Å². The van der Waals surface area contributed by atoms with Gasteiger partial charge in [0.2, 0.25) is 0 Å². The van der Waals surface area contributed by atoms with Crippen LogP contribution >= 0.6 is 22.7 Å². The topological polar surface area (TPSA) is 206 Å². The Morgan fingerprint density at radius 3 is 1.47 bits per heavy atom. The maximum Gasteiger partial charge on any atom is 0.337 e. The summed E-state index contributed by atoms with van der Waals surface area (Å²) in [6, 6.07) is 16.6. The van der Waals surface area contributed by atoms with E-state index in [4.69, 9.17) is 29.6 Å². The van der Waals surface area contributed by atoms with E-state index < -0.39 is 40.9 Å². The second kappa shape index (κ2) is 22.6. The first-order valence-electron chi connectivity index (χ1n) is 26.2.